The quantitative estimate of drug-likeness (QED) is 0.388. The van der Waals surface area contributed by atoms with Crippen molar-refractivity contribution in [1.29, 1.82) is 0 Å². The highest BCUT2D eigenvalue weighted by molar-refractivity contribution is 6.74. The fraction of sp³-hybridized carbons (Fsp3) is 0.520. The zero-order chi connectivity index (χ0) is 26.0. The maximum Gasteiger partial charge on any atom is 0.405 e. The van der Waals surface area contributed by atoms with Crippen molar-refractivity contribution in [2.75, 3.05) is 23.3 Å². The molecular formula is C25H36ClFN4O3Si. The molecule has 1 saturated heterocycles. The number of nitrogens with one attached hydrogen (secondary N) is 2. The predicted octanol–water partition coefficient (Wildman–Crippen LogP) is 5.97. The summed E-state index contributed by atoms with van der Waals surface area (Å²) >= 11 is 5.92. The topological polar surface area (TPSA) is 86.7 Å². The van der Waals surface area contributed by atoms with Gasteiger partial charge in [0.25, 0.3) is 0 Å². The standard InChI is InChI=1S/C25H36ClFN4O3Si/c1-16-14-31(15-21(30-24(32)33)23(16)34-35(5,6)25(2,3)4)22-9-10-28-13-20(22)29-12-17-7-8-19(27)18(26)11-17/h7-11,13,16,21,23,29-30H,12,14-15H2,1-6H3,(H,32,33). The normalized spacial score (nSPS) is 21.0. The average Bonchev–Trinajstić information content (AvgIpc) is 2.76. The van der Waals surface area contributed by atoms with E-state index in [1.54, 1.807) is 24.5 Å². The second kappa shape index (κ2) is 10.7. The van der Waals surface area contributed by atoms with Gasteiger partial charge in [0.05, 0.1) is 34.7 Å². The SMILES string of the molecule is CC1CN(c2ccncc2NCc2ccc(F)c(Cl)c2)CC(NC(=O)O)C1O[Si](C)(C)C(C)(C)C. The van der Waals surface area contributed by atoms with Crippen LogP contribution < -0.4 is 15.5 Å². The number of hydrogen-bond acceptors (Lipinski definition) is 5. The van der Waals surface area contributed by atoms with Gasteiger partial charge in [-0.3, -0.25) is 4.98 Å². The molecule has 192 valence electrons. The molecule has 0 saturated carbocycles. The van der Waals surface area contributed by atoms with Crippen molar-refractivity contribution in [2.24, 2.45) is 5.92 Å². The second-order valence-electron chi connectivity index (χ2n) is 10.8. The number of carbonyl (C=O) groups is 1. The molecule has 35 heavy (non-hydrogen) atoms. The van der Waals surface area contributed by atoms with Crippen molar-refractivity contribution in [1.82, 2.24) is 10.3 Å². The lowest BCUT2D eigenvalue weighted by molar-refractivity contribution is 0.0722. The molecule has 1 aromatic carbocycles. The molecule has 1 amide bonds. The molecule has 0 radical (unpaired) electrons. The lowest BCUT2D eigenvalue weighted by atomic mass is 9.92. The number of anilines is 2. The summed E-state index contributed by atoms with van der Waals surface area (Å²) < 4.78 is 20.2. The number of benzene rings is 1. The summed E-state index contributed by atoms with van der Waals surface area (Å²) in [6, 6.07) is 6.16. The van der Waals surface area contributed by atoms with Crippen molar-refractivity contribution < 1.29 is 18.7 Å². The van der Waals surface area contributed by atoms with Crippen molar-refractivity contribution in [2.45, 2.75) is 64.5 Å². The van der Waals surface area contributed by atoms with Crippen LogP contribution >= 0.6 is 11.6 Å². The summed E-state index contributed by atoms with van der Waals surface area (Å²) in [7, 11) is -2.11. The molecule has 3 N–H and O–H groups in total. The Morgan fingerprint density at radius 3 is 2.66 bits per heavy atom. The number of nitrogens with zero attached hydrogens (tertiary/aromatic N) is 2. The Morgan fingerprint density at radius 2 is 2.03 bits per heavy atom. The lowest BCUT2D eigenvalue weighted by Gasteiger charge is -2.48. The number of halogens is 2. The first-order chi connectivity index (χ1) is 16.3. The number of carboxylic acid groups (broad SMARTS) is 1. The highest BCUT2D eigenvalue weighted by Gasteiger charge is 2.45. The van der Waals surface area contributed by atoms with E-state index in [0.717, 1.165) is 16.9 Å². The lowest BCUT2D eigenvalue weighted by Crippen LogP contribution is -2.62. The Kier molecular flexibility index (Phi) is 8.34. The number of amides is 1. The van der Waals surface area contributed by atoms with Gasteiger partial charge in [-0.15, -0.1) is 0 Å². The van der Waals surface area contributed by atoms with Gasteiger partial charge in [0.15, 0.2) is 8.32 Å². The Labute approximate surface area is 213 Å². The van der Waals surface area contributed by atoms with Crippen LogP contribution in [0.15, 0.2) is 36.7 Å². The molecule has 3 atom stereocenters. The first-order valence-electron chi connectivity index (χ1n) is 11.8. The molecule has 1 aromatic heterocycles. The smallest absolute Gasteiger partial charge is 0.405 e. The summed E-state index contributed by atoms with van der Waals surface area (Å²) in [5.41, 5.74) is 2.56. The van der Waals surface area contributed by atoms with Gasteiger partial charge < -0.3 is 25.1 Å². The largest absolute Gasteiger partial charge is 0.465 e. The van der Waals surface area contributed by atoms with Gasteiger partial charge in [-0.2, -0.15) is 0 Å². The van der Waals surface area contributed by atoms with E-state index in [0.29, 0.717) is 19.6 Å². The van der Waals surface area contributed by atoms with Crippen LogP contribution in [-0.2, 0) is 11.0 Å². The molecule has 1 aliphatic rings. The molecule has 2 heterocycles. The molecule has 7 nitrogen and oxygen atoms in total. The first kappa shape index (κ1) is 27.2. The van der Waals surface area contributed by atoms with E-state index in [2.05, 4.69) is 61.3 Å². The van der Waals surface area contributed by atoms with Crippen molar-refractivity contribution in [3.8, 4) is 0 Å². The van der Waals surface area contributed by atoms with Crippen LogP contribution in [0.4, 0.5) is 20.6 Å². The second-order valence-corrected chi connectivity index (χ2v) is 15.9. The monoisotopic (exact) mass is 522 g/mol. The number of pyridine rings is 1. The molecule has 1 fully saturated rings. The molecule has 0 spiro atoms. The predicted molar refractivity (Wildman–Crippen MR) is 141 cm³/mol. The van der Waals surface area contributed by atoms with Gasteiger partial charge >= 0.3 is 6.09 Å². The summed E-state index contributed by atoms with van der Waals surface area (Å²) in [5, 5.41) is 15.7. The molecule has 3 unspecified atom stereocenters. The van der Waals surface area contributed by atoms with Crippen LogP contribution in [0.3, 0.4) is 0 Å². The Bertz CT molecular complexity index is 1050. The van der Waals surface area contributed by atoms with E-state index in [1.807, 2.05) is 6.07 Å². The highest BCUT2D eigenvalue weighted by Crippen LogP contribution is 2.40. The van der Waals surface area contributed by atoms with E-state index in [-0.39, 0.29) is 28.1 Å². The number of rotatable bonds is 7. The van der Waals surface area contributed by atoms with E-state index in [1.165, 1.54) is 6.07 Å². The Balaban J connectivity index is 1.82. The van der Waals surface area contributed by atoms with E-state index >= 15 is 0 Å². The summed E-state index contributed by atoms with van der Waals surface area (Å²) in [4.78, 5) is 18.1. The zero-order valence-corrected chi connectivity index (χ0v) is 23.0. The van der Waals surface area contributed by atoms with Gasteiger partial charge in [0, 0.05) is 31.7 Å². The Morgan fingerprint density at radius 1 is 1.31 bits per heavy atom. The van der Waals surface area contributed by atoms with Crippen LogP contribution in [0.1, 0.15) is 33.3 Å². The van der Waals surface area contributed by atoms with Gasteiger partial charge in [-0.05, 0) is 41.9 Å². The minimum atomic E-state index is -2.11. The van der Waals surface area contributed by atoms with Crippen LogP contribution in [0.5, 0.6) is 0 Å². The minimum absolute atomic E-state index is 0.0169. The maximum atomic E-state index is 13.5. The Hall–Kier alpha value is -2.36. The number of hydrogen-bond donors (Lipinski definition) is 3. The molecule has 0 bridgehead atoms. The summed E-state index contributed by atoms with van der Waals surface area (Å²) in [5.74, 6) is -0.363. The van der Waals surface area contributed by atoms with Gasteiger partial charge in [-0.1, -0.05) is 45.4 Å². The van der Waals surface area contributed by atoms with E-state index < -0.39 is 20.2 Å². The third-order valence-corrected chi connectivity index (χ3v) is 11.8. The molecular weight excluding hydrogens is 487 g/mol. The van der Waals surface area contributed by atoms with Crippen LogP contribution in [0.25, 0.3) is 0 Å². The third kappa shape index (κ3) is 6.65. The van der Waals surface area contributed by atoms with Crippen LogP contribution in [-0.4, -0.2) is 49.7 Å². The van der Waals surface area contributed by atoms with Crippen molar-refractivity contribution in [3.05, 3.63) is 53.1 Å². The van der Waals surface area contributed by atoms with Gasteiger partial charge in [0.1, 0.15) is 5.82 Å². The molecule has 10 heteroatoms. The van der Waals surface area contributed by atoms with Gasteiger partial charge in [-0.25, -0.2) is 9.18 Å². The van der Waals surface area contributed by atoms with Gasteiger partial charge in [0.2, 0.25) is 0 Å². The number of aromatic nitrogens is 1. The molecule has 1 aliphatic heterocycles. The van der Waals surface area contributed by atoms with E-state index in [9.17, 15) is 14.3 Å². The molecule has 0 aliphatic carbocycles. The maximum absolute atomic E-state index is 13.5. The average molecular weight is 523 g/mol. The molecule has 3 rings (SSSR count). The van der Waals surface area contributed by atoms with Crippen LogP contribution in [0.2, 0.25) is 23.2 Å². The highest BCUT2D eigenvalue weighted by atomic mass is 35.5. The third-order valence-electron chi connectivity index (χ3n) is 7.03. The fourth-order valence-corrected chi connectivity index (χ4v) is 5.74. The first-order valence-corrected chi connectivity index (χ1v) is 15.1. The summed E-state index contributed by atoms with van der Waals surface area (Å²) in [6.45, 7) is 14.7. The fourth-order valence-electron chi connectivity index (χ4n) is 4.11. The molecule has 2 aromatic rings. The van der Waals surface area contributed by atoms with Crippen LogP contribution in [0, 0.1) is 11.7 Å². The zero-order valence-electron chi connectivity index (χ0n) is 21.2. The minimum Gasteiger partial charge on any atom is -0.465 e. The van der Waals surface area contributed by atoms with Crippen molar-refractivity contribution in [3.63, 3.8) is 0 Å². The number of piperidine rings is 1. The summed E-state index contributed by atoms with van der Waals surface area (Å²) in [6.07, 6.45) is 2.18. The van der Waals surface area contributed by atoms with E-state index in [4.69, 9.17) is 16.0 Å². The van der Waals surface area contributed by atoms with Crippen molar-refractivity contribution >= 4 is 37.4 Å².